The number of rotatable bonds is 20. The summed E-state index contributed by atoms with van der Waals surface area (Å²) in [4.78, 5) is 13.0. The zero-order chi connectivity index (χ0) is 29.5. The van der Waals surface area contributed by atoms with Crippen molar-refractivity contribution < 1.29 is 18.0 Å². The minimum absolute atomic E-state index is 0.298. The third-order valence-corrected chi connectivity index (χ3v) is 10.9. The van der Waals surface area contributed by atoms with E-state index in [9.17, 15) is 4.79 Å². The first kappa shape index (κ1) is 33.1. The minimum atomic E-state index is -1.97. The number of hydrogen-bond donors (Lipinski definition) is 0. The second-order valence-corrected chi connectivity index (χ2v) is 14.5. The van der Waals surface area contributed by atoms with Crippen molar-refractivity contribution in [3.8, 4) is 16.9 Å². The van der Waals surface area contributed by atoms with Crippen molar-refractivity contribution in [1.29, 1.82) is 0 Å². The molecule has 0 N–H and O–H groups in total. The molecule has 0 aliphatic rings. The van der Waals surface area contributed by atoms with Crippen LogP contribution < -0.4 is 10.4 Å². The Labute approximate surface area is 248 Å². The van der Waals surface area contributed by atoms with Crippen LogP contribution in [0.3, 0.4) is 0 Å². The highest BCUT2D eigenvalue weighted by atomic mass is 28.4. The molecular weight excluding hydrogens is 528 g/mol. The zero-order valence-corrected chi connectivity index (χ0v) is 27.2. The maximum atomic E-state index is 13.0. The molecule has 0 spiro atoms. The number of benzene rings is 2. The first-order valence-corrected chi connectivity index (χ1v) is 18.6. The molecule has 3 rings (SSSR count). The lowest BCUT2D eigenvalue weighted by Crippen LogP contribution is -2.38. The summed E-state index contributed by atoms with van der Waals surface area (Å²) in [7, 11) is -1.97. The molecule has 226 valence electrons. The number of aryl methyl sites for hydroxylation is 2. The van der Waals surface area contributed by atoms with Crippen LogP contribution in [0.5, 0.6) is 5.75 Å². The third-order valence-electron chi connectivity index (χ3n) is 7.81. The van der Waals surface area contributed by atoms with Gasteiger partial charge in [-0.3, -0.25) is 0 Å². The van der Waals surface area contributed by atoms with E-state index >= 15 is 0 Å². The Morgan fingerprint density at radius 3 is 2.20 bits per heavy atom. The van der Waals surface area contributed by atoms with E-state index in [1.165, 1.54) is 56.1 Å². The molecule has 0 radical (unpaired) electrons. The molecule has 0 saturated carbocycles. The Hall–Kier alpha value is -2.41. The van der Waals surface area contributed by atoms with E-state index < -0.39 is 8.56 Å². The molecule has 5 nitrogen and oxygen atoms in total. The van der Waals surface area contributed by atoms with Gasteiger partial charge in [0, 0.05) is 24.7 Å². The largest absolute Gasteiger partial charge is 0.493 e. The molecule has 0 atom stereocenters. The molecule has 3 aromatic rings. The normalized spacial score (nSPS) is 11.8. The summed E-state index contributed by atoms with van der Waals surface area (Å²) in [6.07, 6.45) is 12.6. The van der Waals surface area contributed by atoms with Crippen molar-refractivity contribution in [3.05, 3.63) is 64.0 Å². The molecule has 0 amide bonds. The van der Waals surface area contributed by atoms with Gasteiger partial charge in [-0.25, -0.2) is 4.79 Å². The van der Waals surface area contributed by atoms with Crippen molar-refractivity contribution in [2.45, 2.75) is 111 Å². The molecule has 6 heteroatoms. The summed E-state index contributed by atoms with van der Waals surface area (Å²) in [6, 6.07) is 15.4. The maximum Gasteiger partial charge on any atom is 0.344 e. The summed E-state index contributed by atoms with van der Waals surface area (Å²) >= 11 is 0. The Morgan fingerprint density at radius 1 is 0.756 bits per heavy atom. The van der Waals surface area contributed by atoms with Gasteiger partial charge in [-0.1, -0.05) is 77.0 Å². The predicted octanol–water partition coefficient (Wildman–Crippen LogP) is 9.62. The van der Waals surface area contributed by atoms with E-state index in [1.54, 1.807) is 0 Å². The Bertz CT molecular complexity index is 1250. The summed E-state index contributed by atoms with van der Waals surface area (Å²) in [5, 5.41) is 0.911. The van der Waals surface area contributed by atoms with Crippen molar-refractivity contribution in [3.63, 3.8) is 0 Å². The van der Waals surface area contributed by atoms with E-state index in [0.717, 1.165) is 61.6 Å². The monoisotopic (exact) mass is 580 g/mol. The standard InChI is InChI=1S/C35H52O5Si/c1-6-10-15-18-28-19-22-32(29(7-2)25-28)33-26-30-20-21-31(27-34(30)40-35(33)36)37-23-16-13-11-12-14-17-24-41(5,38-8-3)39-9-4/h19-22,25-27H,6-18,23-24H2,1-5H3. The topological polar surface area (TPSA) is 57.9 Å². The molecule has 2 aromatic carbocycles. The number of unbranched alkanes of at least 4 members (excludes halogenated alkanes) is 7. The first-order valence-electron chi connectivity index (χ1n) is 16.0. The van der Waals surface area contributed by atoms with Crippen molar-refractivity contribution in [2.24, 2.45) is 0 Å². The fourth-order valence-electron chi connectivity index (χ4n) is 5.55. The van der Waals surface area contributed by atoms with Crippen LogP contribution in [-0.4, -0.2) is 28.4 Å². The van der Waals surface area contributed by atoms with Crippen LogP contribution in [0.2, 0.25) is 12.6 Å². The lowest BCUT2D eigenvalue weighted by Gasteiger charge is -2.25. The van der Waals surface area contributed by atoms with Gasteiger partial charge in [-0.2, -0.15) is 0 Å². The lowest BCUT2D eigenvalue weighted by molar-refractivity contribution is 0.188. The second kappa shape index (κ2) is 17.5. The lowest BCUT2D eigenvalue weighted by atomic mass is 9.94. The van der Waals surface area contributed by atoms with Crippen molar-refractivity contribution in [1.82, 2.24) is 0 Å². The van der Waals surface area contributed by atoms with Gasteiger partial charge in [0.05, 0.1) is 12.2 Å². The smallest absolute Gasteiger partial charge is 0.344 e. The Balaban J connectivity index is 1.48. The van der Waals surface area contributed by atoms with Crippen molar-refractivity contribution >= 4 is 19.5 Å². The quantitative estimate of drug-likeness (QED) is 0.0756. The number of ether oxygens (including phenoxy) is 1. The van der Waals surface area contributed by atoms with Gasteiger partial charge >= 0.3 is 14.2 Å². The van der Waals surface area contributed by atoms with E-state index in [4.69, 9.17) is 18.0 Å². The van der Waals surface area contributed by atoms with Gasteiger partial charge in [-0.05, 0) is 87.0 Å². The summed E-state index contributed by atoms with van der Waals surface area (Å²) < 4.78 is 23.6. The van der Waals surface area contributed by atoms with Crippen molar-refractivity contribution in [2.75, 3.05) is 19.8 Å². The summed E-state index contributed by atoms with van der Waals surface area (Å²) in [6.45, 7) is 12.8. The zero-order valence-electron chi connectivity index (χ0n) is 26.2. The van der Waals surface area contributed by atoms with Gasteiger partial charge in [0.1, 0.15) is 11.3 Å². The van der Waals surface area contributed by atoms with E-state index in [2.05, 4.69) is 38.6 Å². The van der Waals surface area contributed by atoms with Gasteiger partial charge in [0.2, 0.25) is 0 Å². The van der Waals surface area contributed by atoms with E-state index in [-0.39, 0.29) is 5.63 Å². The van der Waals surface area contributed by atoms with E-state index in [0.29, 0.717) is 17.8 Å². The number of hydrogen-bond acceptors (Lipinski definition) is 5. The summed E-state index contributed by atoms with van der Waals surface area (Å²) in [5.41, 5.74) is 4.42. The molecule has 0 saturated heterocycles. The number of fused-ring (bicyclic) bond motifs is 1. The van der Waals surface area contributed by atoms with Gasteiger partial charge in [-0.15, -0.1) is 0 Å². The van der Waals surface area contributed by atoms with Crippen LogP contribution in [0.4, 0.5) is 0 Å². The Morgan fingerprint density at radius 2 is 1.49 bits per heavy atom. The average molecular weight is 581 g/mol. The molecule has 41 heavy (non-hydrogen) atoms. The highest BCUT2D eigenvalue weighted by molar-refractivity contribution is 6.66. The molecule has 1 aromatic heterocycles. The molecular formula is C35H52O5Si. The second-order valence-electron chi connectivity index (χ2n) is 11.2. The van der Waals surface area contributed by atoms with E-state index in [1.807, 2.05) is 38.1 Å². The molecule has 0 aliphatic carbocycles. The molecule has 0 aliphatic heterocycles. The fraction of sp³-hybridized carbons (Fsp3) is 0.571. The highest BCUT2D eigenvalue weighted by Crippen LogP contribution is 2.28. The highest BCUT2D eigenvalue weighted by Gasteiger charge is 2.29. The van der Waals surface area contributed by atoms with Crippen LogP contribution >= 0.6 is 0 Å². The predicted molar refractivity (Wildman–Crippen MR) is 173 cm³/mol. The van der Waals surface area contributed by atoms with Crippen LogP contribution in [-0.2, 0) is 21.7 Å². The van der Waals surface area contributed by atoms with Gasteiger partial charge in [0.15, 0.2) is 0 Å². The molecule has 1 heterocycles. The molecule has 0 fully saturated rings. The SMILES string of the molecule is CCCCCc1ccc(-c2cc3ccc(OCCCCCCCC[Si](C)(OCC)OCC)cc3oc2=O)c(CC)c1. The van der Waals surface area contributed by atoms with Crippen LogP contribution in [0.1, 0.15) is 96.6 Å². The minimum Gasteiger partial charge on any atom is -0.493 e. The van der Waals surface area contributed by atoms with Gasteiger partial charge < -0.3 is 18.0 Å². The first-order chi connectivity index (χ1) is 19.9. The average Bonchev–Trinajstić information content (AvgIpc) is 2.96. The maximum absolute atomic E-state index is 13.0. The van der Waals surface area contributed by atoms with Crippen LogP contribution in [0, 0.1) is 0 Å². The van der Waals surface area contributed by atoms with Crippen LogP contribution in [0.25, 0.3) is 22.1 Å². The molecule has 0 unspecified atom stereocenters. The third kappa shape index (κ3) is 10.4. The van der Waals surface area contributed by atoms with Gasteiger partial charge in [0.25, 0.3) is 0 Å². The summed E-state index contributed by atoms with van der Waals surface area (Å²) in [5.74, 6) is 0.746. The fourth-order valence-corrected chi connectivity index (χ4v) is 8.03. The molecule has 0 bridgehead atoms. The Kier molecular flexibility index (Phi) is 14.1. The van der Waals surface area contributed by atoms with Crippen LogP contribution in [0.15, 0.2) is 51.7 Å².